The fraction of sp³-hybridized carbons (Fsp3) is 0.533. The Morgan fingerprint density at radius 1 is 1.22 bits per heavy atom. The van der Waals surface area contributed by atoms with Crippen molar-refractivity contribution in [1.82, 2.24) is 15.2 Å². The summed E-state index contributed by atoms with van der Waals surface area (Å²) in [5.74, 6) is -0.650. The summed E-state index contributed by atoms with van der Waals surface area (Å²) in [7, 11) is -0.328. The van der Waals surface area contributed by atoms with E-state index in [9.17, 15) is 9.18 Å². The van der Waals surface area contributed by atoms with E-state index < -0.39 is 20.0 Å². The molecule has 8 nitrogen and oxygen atoms in total. The van der Waals surface area contributed by atoms with Gasteiger partial charge in [0.15, 0.2) is 8.32 Å². The highest BCUT2D eigenvalue weighted by Gasteiger charge is 2.41. The number of hydrogen-bond acceptors (Lipinski definition) is 8. The third-order valence-corrected chi connectivity index (χ3v) is 13.6. The molecule has 0 aliphatic heterocycles. The van der Waals surface area contributed by atoms with Gasteiger partial charge in [0.2, 0.25) is 5.13 Å². The van der Waals surface area contributed by atoms with Crippen molar-refractivity contribution in [2.75, 3.05) is 19.0 Å². The lowest BCUT2D eigenvalue weighted by Gasteiger charge is -2.43. The fourth-order valence-corrected chi connectivity index (χ4v) is 6.76. The third kappa shape index (κ3) is 7.31. The number of pyridine rings is 1. The predicted molar refractivity (Wildman–Crippen MR) is 163 cm³/mol. The van der Waals surface area contributed by atoms with Crippen LogP contribution in [0, 0.1) is 18.2 Å². The van der Waals surface area contributed by atoms with Crippen molar-refractivity contribution in [3.63, 3.8) is 0 Å². The highest BCUT2D eigenvalue weighted by molar-refractivity contribution is 7.17. The highest BCUT2D eigenvalue weighted by atomic mass is 32.1. The molecule has 1 aliphatic carbocycles. The molecule has 1 N–H and O–H groups in total. The Kier molecular flexibility index (Phi) is 9.20. The number of nitrogens with zero attached hydrogens (tertiary/aromatic N) is 3. The van der Waals surface area contributed by atoms with Crippen LogP contribution in [-0.4, -0.2) is 49.2 Å². The largest absolute Gasteiger partial charge is 0.496 e. The molecule has 0 radical (unpaired) electrons. The zero-order chi connectivity index (χ0) is 30.0. The molecule has 222 valence electrons. The van der Waals surface area contributed by atoms with E-state index in [1.54, 1.807) is 25.1 Å². The molecule has 2 heterocycles. The minimum Gasteiger partial charge on any atom is -0.496 e. The Hall–Kier alpha value is -2.89. The molecule has 0 spiro atoms. The Bertz CT molecular complexity index is 1380. The predicted octanol–water partition coefficient (Wildman–Crippen LogP) is 7.66. The normalized spacial score (nSPS) is 19.6. The monoisotopic (exact) mass is 600 g/mol. The van der Waals surface area contributed by atoms with Crippen molar-refractivity contribution >= 4 is 30.7 Å². The van der Waals surface area contributed by atoms with E-state index >= 15 is 0 Å². The van der Waals surface area contributed by atoms with Gasteiger partial charge >= 0.3 is 0 Å². The lowest BCUT2D eigenvalue weighted by molar-refractivity contribution is 0.0479. The van der Waals surface area contributed by atoms with Crippen molar-refractivity contribution < 1.29 is 23.1 Å². The van der Waals surface area contributed by atoms with Crippen LogP contribution < -0.4 is 14.8 Å². The van der Waals surface area contributed by atoms with E-state index in [-0.39, 0.29) is 26.7 Å². The number of aryl methyl sites for hydroxylation is 1. The van der Waals surface area contributed by atoms with Crippen LogP contribution >= 0.6 is 11.3 Å². The number of methoxy groups -OCH3 is 1. The molecule has 1 saturated carbocycles. The lowest BCUT2D eigenvalue weighted by atomic mass is 9.75. The van der Waals surface area contributed by atoms with Crippen LogP contribution in [0.1, 0.15) is 69.4 Å². The summed E-state index contributed by atoms with van der Waals surface area (Å²) < 4.78 is 32.9. The van der Waals surface area contributed by atoms with Crippen molar-refractivity contribution in [1.29, 1.82) is 0 Å². The van der Waals surface area contributed by atoms with Gasteiger partial charge in [0.1, 0.15) is 11.6 Å². The number of amides is 1. The first kappa shape index (κ1) is 31.1. The first-order valence-corrected chi connectivity index (χ1v) is 17.7. The molecule has 1 aromatic carbocycles. The minimum absolute atomic E-state index is 0.0175. The number of anilines is 1. The van der Waals surface area contributed by atoms with Crippen LogP contribution in [0.4, 0.5) is 9.52 Å². The number of benzene rings is 1. The molecular weight excluding hydrogens is 560 g/mol. The van der Waals surface area contributed by atoms with Gasteiger partial charge in [-0.1, -0.05) is 38.9 Å². The molecule has 0 unspecified atom stereocenters. The smallest absolute Gasteiger partial charge is 0.295 e. The number of aromatic nitrogens is 3. The fourth-order valence-electron chi connectivity index (χ4n) is 4.75. The SMILES string of the molecule is COc1cccc(F)c1-c1cc(C)ncc1C(=O)Nc1nnc(OCC2(C)CCC(O[Si](C)(C)C(C)(C)C)CC2)s1. The maximum Gasteiger partial charge on any atom is 0.295 e. The van der Waals surface area contributed by atoms with Crippen molar-refractivity contribution in [3.05, 3.63) is 47.5 Å². The molecular formula is C30H41FN4O4SSi. The van der Waals surface area contributed by atoms with Crippen LogP contribution in [0.5, 0.6) is 10.9 Å². The first-order valence-electron chi connectivity index (χ1n) is 14.0. The van der Waals surface area contributed by atoms with Gasteiger partial charge in [-0.2, -0.15) is 0 Å². The minimum atomic E-state index is -1.79. The molecule has 0 saturated heterocycles. The molecule has 0 bridgehead atoms. The quantitative estimate of drug-likeness (QED) is 0.252. The second kappa shape index (κ2) is 12.1. The average molecular weight is 601 g/mol. The van der Waals surface area contributed by atoms with Gasteiger partial charge in [-0.3, -0.25) is 15.1 Å². The third-order valence-electron chi connectivity index (χ3n) is 8.33. The number of hydrogen-bond donors (Lipinski definition) is 1. The molecule has 2 aromatic heterocycles. The van der Waals surface area contributed by atoms with Crippen molar-refractivity contribution in [2.45, 2.75) is 84.5 Å². The molecule has 1 fully saturated rings. The second-order valence-electron chi connectivity index (χ2n) is 12.7. The number of nitrogens with one attached hydrogen (secondary N) is 1. The molecule has 4 rings (SSSR count). The van der Waals surface area contributed by atoms with Gasteiger partial charge in [0.25, 0.3) is 11.1 Å². The van der Waals surface area contributed by atoms with Gasteiger partial charge in [-0.05, 0) is 80.3 Å². The summed E-state index contributed by atoms with van der Waals surface area (Å²) in [6.07, 6.45) is 5.79. The van der Waals surface area contributed by atoms with E-state index in [2.05, 4.69) is 61.3 Å². The zero-order valence-corrected chi connectivity index (χ0v) is 27.1. The van der Waals surface area contributed by atoms with Crippen LogP contribution in [-0.2, 0) is 4.43 Å². The second-order valence-corrected chi connectivity index (χ2v) is 18.4. The van der Waals surface area contributed by atoms with E-state index in [4.69, 9.17) is 13.9 Å². The van der Waals surface area contributed by atoms with E-state index in [0.29, 0.717) is 34.9 Å². The summed E-state index contributed by atoms with van der Waals surface area (Å²) >= 11 is 1.16. The van der Waals surface area contributed by atoms with Gasteiger partial charge in [0, 0.05) is 29.0 Å². The topological polar surface area (TPSA) is 95.5 Å². The van der Waals surface area contributed by atoms with Gasteiger partial charge in [-0.25, -0.2) is 4.39 Å². The van der Waals surface area contributed by atoms with Crippen LogP contribution in [0.25, 0.3) is 11.1 Å². The molecule has 0 atom stereocenters. The maximum atomic E-state index is 14.9. The molecule has 11 heteroatoms. The highest BCUT2D eigenvalue weighted by Crippen LogP contribution is 2.43. The number of rotatable bonds is 9. The number of ether oxygens (including phenoxy) is 2. The maximum absolute atomic E-state index is 14.9. The van der Waals surface area contributed by atoms with Crippen molar-refractivity contribution in [3.8, 4) is 22.1 Å². The standard InChI is InChI=1S/C30H41FN4O4SSi/c1-19-16-21(25-23(31)10-9-11-24(25)37-6)22(17-32-19)26(36)33-27-34-35-28(40-27)38-18-30(5)14-12-20(13-15-30)39-41(7,8)29(2,3)4/h9-11,16-17,20H,12-15,18H2,1-8H3,(H,33,34,36). The molecule has 3 aromatic rings. The summed E-state index contributed by atoms with van der Waals surface area (Å²) in [6, 6.07) is 6.21. The Labute approximate surface area is 247 Å². The zero-order valence-electron chi connectivity index (χ0n) is 25.3. The van der Waals surface area contributed by atoms with Crippen LogP contribution in [0.15, 0.2) is 30.5 Å². The average Bonchev–Trinajstić information content (AvgIpc) is 3.35. The van der Waals surface area contributed by atoms with E-state index in [1.165, 1.54) is 19.4 Å². The summed E-state index contributed by atoms with van der Waals surface area (Å²) in [4.78, 5) is 17.5. The molecule has 1 aliphatic rings. The summed E-state index contributed by atoms with van der Waals surface area (Å²) in [6.45, 7) is 16.0. The Morgan fingerprint density at radius 2 is 1.93 bits per heavy atom. The number of halogens is 1. The van der Waals surface area contributed by atoms with Gasteiger partial charge in [0.05, 0.1) is 24.8 Å². The van der Waals surface area contributed by atoms with E-state index in [0.717, 1.165) is 37.0 Å². The number of carbonyl (C=O) groups excluding carboxylic acids is 1. The van der Waals surface area contributed by atoms with Gasteiger partial charge in [-0.15, -0.1) is 5.10 Å². The molecule has 1 amide bonds. The Balaban J connectivity index is 1.38. The molecule has 41 heavy (non-hydrogen) atoms. The number of carbonyl (C=O) groups is 1. The van der Waals surface area contributed by atoms with Crippen LogP contribution in [0.3, 0.4) is 0 Å². The summed E-state index contributed by atoms with van der Waals surface area (Å²) in [5, 5.41) is 11.8. The van der Waals surface area contributed by atoms with Crippen LogP contribution in [0.2, 0.25) is 18.1 Å². The summed E-state index contributed by atoms with van der Waals surface area (Å²) in [5.41, 5.74) is 1.43. The Morgan fingerprint density at radius 3 is 2.59 bits per heavy atom. The lowest BCUT2D eigenvalue weighted by Crippen LogP contribution is -2.45. The van der Waals surface area contributed by atoms with E-state index in [1.807, 2.05) is 0 Å². The van der Waals surface area contributed by atoms with Crippen molar-refractivity contribution in [2.24, 2.45) is 5.41 Å². The van der Waals surface area contributed by atoms with Gasteiger partial charge < -0.3 is 13.9 Å². The first-order chi connectivity index (χ1) is 19.2.